The quantitative estimate of drug-likeness (QED) is 0.821. The Morgan fingerprint density at radius 3 is 2.36 bits per heavy atom. The molecule has 1 heterocycles. The topological polar surface area (TPSA) is 47.0 Å². The molecule has 0 aliphatic carbocycles. The molecule has 5 heteroatoms. The molecule has 0 unspecified atom stereocenters. The molecule has 1 aliphatic heterocycles. The number of likely N-dealkylation sites (N-methyl/N-ethyl adjacent to an activating group) is 2. The van der Waals surface area contributed by atoms with Gasteiger partial charge in [-0.3, -0.25) is 9.69 Å². The third-order valence-corrected chi connectivity index (χ3v) is 5.34. The first-order valence-corrected chi connectivity index (χ1v) is 9.18. The van der Waals surface area contributed by atoms with Gasteiger partial charge in [-0.1, -0.05) is 23.8 Å². The molecule has 0 bridgehead atoms. The van der Waals surface area contributed by atoms with Crippen LogP contribution < -0.4 is 0 Å². The Morgan fingerprint density at radius 2 is 1.84 bits per heavy atom. The van der Waals surface area contributed by atoms with Gasteiger partial charge in [0.05, 0.1) is 0 Å². The van der Waals surface area contributed by atoms with Crippen molar-refractivity contribution in [3.8, 4) is 0 Å². The SMILES string of the molecule is Cc1ccc([C@@H](C(=O)O)N2CCC(N(C)CCN(C)C)CC2)c(C)c1. The summed E-state index contributed by atoms with van der Waals surface area (Å²) in [4.78, 5) is 18.7. The van der Waals surface area contributed by atoms with E-state index in [0.717, 1.165) is 50.1 Å². The molecule has 0 radical (unpaired) electrons. The third-order valence-electron chi connectivity index (χ3n) is 5.34. The molecule has 0 aromatic heterocycles. The van der Waals surface area contributed by atoms with Crippen LogP contribution in [0.1, 0.15) is 35.6 Å². The summed E-state index contributed by atoms with van der Waals surface area (Å²) in [5.74, 6) is -0.744. The van der Waals surface area contributed by atoms with Crippen LogP contribution in [-0.4, -0.2) is 79.1 Å². The summed E-state index contributed by atoms with van der Waals surface area (Å²) in [7, 11) is 6.37. The second kappa shape index (κ2) is 8.79. The van der Waals surface area contributed by atoms with E-state index in [1.54, 1.807) is 0 Å². The van der Waals surface area contributed by atoms with E-state index in [0.29, 0.717) is 6.04 Å². The Balaban J connectivity index is 2.02. The van der Waals surface area contributed by atoms with Gasteiger partial charge in [0.25, 0.3) is 0 Å². The number of carboxylic acid groups (broad SMARTS) is 1. The second-order valence-corrected chi connectivity index (χ2v) is 7.65. The van der Waals surface area contributed by atoms with E-state index in [4.69, 9.17) is 0 Å². The number of aliphatic carboxylic acids is 1. The van der Waals surface area contributed by atoms with Crippen LogP contribution in [-0.2, 0) is 4.79 Å². The standard InChI is InChI=1S/C20H33N3O2/c1-15-6-7-18(16(2)14-15)19(20(24)25)23-10-8-17(9-11-23)22(5)13-12-21(3)4/h6-7,14,17,19H,8-13H2,1-5H3,(H,24,25)/t19-/m0/s1. The highest BCUT2D eigenvalue weighted by Gasteiger charge is 2.32. The lowest BCUT2D eigenvalue weighted by Gasteiger charge is -2.39. The highest BCUT2D eigenvalue weighted by atomic mass is 16.4. The first-order chi connectivity index (χ1) is 11.8. The lowest BCUT2D eigenvalue weighted by atomic mass is 9.95. The summed E-state index contributed by atoms with van der Waals surface area (Å²) in [6.45, 7) is 7.83. The Bertz CT molecular complexity index is 580. The molecule has 140 valence electrons. The van der Waals surface area contributed by atoms with E-state index < -0.39 is 12.0 Å². The van der Waals surface area contributed by atoms with Crippen molar-refractivity contribution in [3.05, 3.63) is 34.9 Å². The van der Waals surface area contributed by atoms with Crippen LogP contribution in [0.5, 0.6) is 0 Å². The number of piperidine rings is 1. The molecule has 0 amide bonds. The Morgan fingerprint density at radius 1 is 1.20 bits per heavy atom. The predicted molar refractivity (Wildman–Crippen MR) is 102 cm³/mol. The predicted octanol–water partition coefficient (Wildman–Crippen LogP) is 2.39. The van der Waals surface area contributed by atoms with Crippen LogP contribution in [0, 0.1) is 13.8 Å². The first kappa shape index (κ1) is 19.9. The maximum Gasteiger partial charge on any atom is 0.325 e. The van der Waals surface area contributed by atoms with Crippen molar-refractivity contribution in [2.24, 2.45) is 0 Å². The number of benzene rings is 1. The fourth-order valence-corrected chi connectivity index (χ4v) is 3.74. The fourth-order valence-electron chi connectivity index (χ4n) is 3.74. The van der Waals surface area contributed by atoms with E-state index in [1.807, 2.05) is 26.0 Å². The van der Waals surface area contributed by atoms with E-state index in [2.05, 4.69) is 41.9 Å². The minimum Gasteiger partial charge on any atom is -0.480 e. The minimum absolute atomic E-state index is 0.534. The van der Waals surface area contributed by atoms with Gasteiger partial charge >= 0.3 is 5.97 Å². The molecule has 2 rings (SSSR count). The van der Waals surface area contributed by atoms with Crippen LogP contribution in [0.25, 0.3) is 0 Å². The molecule has 1 N–H and O–H groups in total. The molecule has 25 heavy (non-hydrogen) atoms. The van der Waals surface area contributed by atoms with Crippen LogP contribution in [0.4, 0.5) is 0 Å². The number of carboxylic acids is 1. The minimum atomic E-state index is -0.744. The summed E-state index contributed by atoms with van der Waals surface area (Å²) >= 11 is 0. The molecule has 1 fully saturated rings. The number of carbonyl (C=O) groups is 1. The maximum absolute atomic E-state index is 12.0. The summed E-state index contributed by atoms with van der Waals surface area (Å²) < 4.78 is 0. The van der Waals surface area contributed by atoms with Gasteiger partial charge < -0.3 is 14.9 Å². The Labute approximate surface area is 152 Å². The number of hydrogen-bond donors (Lipinski definition) is 1. The Hall–Kier alpha value is -1.43. The Kier molecular flexibility index (Phi) is 6.99. The van der Waals surface area contributed by atoms with E-state index in [-0.39, 0.29) is 0 Å². The summed E-state index contributed by atoms with van der Waals surface area (Å²) in [5, 5.41) is 9.84. The van der Waals surface area contributed by atoms with Crippen LogP contribution in [0.2, 0.25) is 0 Å². The van der Waals surface area contributed by atoms with E-state index in [9.17, 15) is 9.90 Å². The average Bonchev–Trinajstić information content (AvgIpc) is 2.55. The van der Waals surface area contributed by atoms with Gasteiger partial charge in [0.2, 0.25) is 0 Å². The van der Waals surface area contributed by atoms with Crippen molar-refractivity contribution in [1.29, 1.82) is 0 Å². The zero-order valence-electron chi connectivity index (χ0n) is 16.3. The largest absolute Gasteiger partial charge is 0.480 e. The molecule has 0 saturated carbocycles. The van der Waals surface area contributed by atoms with Crippen molar-refractivity contribution in [1.82, 2.24) is 14.7 Å². The zero-order valence-corrected chi connectivity index (χ0v) is 16.3. The van der Waals surface area contributed by atoms with Crippen molar-refractivity contribution >= 4 is 5.97 Å². The van der Waals surface area contributed by atoms with Gasteiger partial charge in [0, 0.05) is 32.2 Å². The average molecular weight is 348 g/mol. The molecule has 1 aliphatic rings. The fraction of sp³-hybridized carbons (Fsp3) is 0.650. The van der Waals surface area contributed by atoms with Gasteiger partial charge in [-0.05, 0) is 59.0 Å². The third kappa shape index (κ3) is 5.27. The molecule has 1 aromatic carbocycles. The van der Waals surface area contributed by atoms with Gasteiger partial charge in [0.1, 0.15) is 6.04 Å². The van der Waals surface area contributed by atoms with Crippen LogP contribution in [0.3, 0.4) is 0 Å². The van der Waals surface area contributed by atoms with Crippen molar-refractivity contribution in [2.45, 2.75) is 38.8 Å². The molecule has 1 aromatic rings. The number of aryl methyl sites for hydroxylation is 2. The number of rotatable bonds is 7. The number of likely N-dealkylation sites (tertiary alicyclic amines) is 1. The van der Waals surface area contributed by atoms with Crippen LogP contribution in [0.15, 0.2) is 18.2 Å². The zero-order chi connectivity index (χ0) is 18.6. The van der Waals surface area contributed by atoms with Gasteiger partial charge in [-0.25, -0.2) is 0 Å². The van der Waals surface area contributed by atoms with E-state index in [1.165, 1.54) is 5.56 Å². The molecule has 1 saturated heterocycles. The normalized spacial score (nSPS) is 18.0. The highest BCUT2D eigenvalue weighted by Crippen LogP contribution is 2.29. The molecular formula is C20H33N3O2. The monoisotopic (exact) mass is 347 g/mol. The lowest BCUT2D eigenvalue weighted by Crippen LogP contribution is -2.47. The van der Waals surface area contributed by atoms with Crippen molar-refractivity contribution < 1.29 is 9.90 Å². The number of hydrogen-bond acceptors (Lipinski definition) is 4. The molecule has 5 nitrogen and oxygen atoms in total. The molecular weight excluding hydrogens is 314 g/mol. The van der Waals surface area contributed by atoms with Gasteiger partial charge in [-0.15, -0.1) is 0 Å². The van der Waals surface area contributed by atoms with Crippen molar-refractivity contribution in [2.75, 3.05) is 47.3 Å². The molecule has 1 atom stereocenters. The number of nitrogens with zero attached hydrogens (tertiary/aromatic N) is 3. The lowest BCUT2D eigenvalue weighted by molar-refractivity contribution is -0.144. The van der Waals surface area contributed by atoms with Crippen LogP contribution >= 0.6 is 0 Å². The van der Waals surface area contributed by atoms with Crippen molar-refractivity contribution in [3.63, 3.8) is 0 Å². The second-order valence-electron chi connectivity index (χ2n) is 7.65. The smallest absolute Gasteiger partial charge is 0.325 e. The molecule has 0 spiro atoms. The van der Waals surface area contributed by atoms with Gasteiger partial charge in [0.15, 0.2) is 0 Å². The van der Waals surface area contributed by atoms with Gasteiger partial charge in [-0.2, -0.15) is 0 Å². The first-order valence-electron chi connectivity index (χ1n) is 9.18. The summed E-state index contributed by atoms with van der Waals surface area (Å²) in [6.07, 6.45) is 2.05. The maximum atomic E-state index is 12.0. The highest BCUT2D eigenvalue weighted by molar-refractivity contribution is 5.76. The van der Waals surface area contributed by atoms with E-state index >= 15 is 0 Å². The summed E-state index contributed by atoms with van der Waals surface area (Å²) in [6, 6.07) is 6.09. The summed E-state index contributed by atoms with van der Waals surface area (Å²) in [5.41, 5.74) is 3.17.